The molecule has 2 amide bonds. The van der Waals surface area contributed by atoms with Gasteiger partial charge in [0.05, 0.1) is 5.69 Å². The molecule has 0 spiro atoms. The quantitative estimate of drug-likeness (QED) is 0.376. The first-order valence-corrected chi connectivity index (χ1v) is 12.2. The van der Waals surface area contributed by atoms with Gasteiger partial charge >= 0.3 is 12.1 Å². The average Bonchev–Trinajstić information content (AvgIpc) is 3.64. The Morgan fingerprint density at radius 1 is 0.971 bits per heavy atom. The predicted octanol–water partition coefficient (Wildman–Crippen LogP) is 5.40. The Bertz CT molecular complexity index is 1270. The number of ether oxygens (including phenoxy) is 1. The smallest absolute Gasteiger partial charge is 0.411 e. The zero-order valence-electron chi connectivity index (χ0n) is 18.7. The van der Waals surface area contributed by atoms with E-state index >= 15 is 0 Å². The highest BCUT2D eigenvalue weighted by Crippen LogP contribution is 2.44. The van der Waals surface area contributed by atoms with Crippen LogP contribution in [-0.4, -0.2) is 35.7 Å². The summed E-state index contributed by atoms with van der Waals surface area (Å²) >= 11 is 3.38. The Kier molecular flexibility index (Phi) is 6.30. The van der Waals surface area contributed by atoms with Crippen molar-refractivity contribution in [2.45, 2.75) is 24.8 Å². The second-order valence-corrected chi connectivity index (χ2v) is 9.63. The number of amides is 2. The van der Waals surface area contributed by atoms with Crippen molar-refractivity contribution >= 4 is 39.6 Å². The molecule has 5 rings (SSSR count). The van der Waals surface area contributed by atoms with Crippen molar-refractivity contribution in [2.75, 3.05) is 11.9 Å². The summed E-state index contributed by atoms with van der Waals surface area (Å²) in [6.45, 7) is 0.166. The lowest BCUT2D eigenvalue weighted by molar-refractivity contribution is -0.139. The first kappa shape index (κ1) is 23.1. The van der Waals surface area contributed by atoms with Crippen LogP contribution in [0.25, 0.3) is 11.1 Å². The van der Waals surface area contributed by atoms with E-state index in [1.807, 2.05) is 36.4 Å². The highest BCUT2D eigenvalue weighted by atomic mass is 79.9. The number of carboxylic acid groups (broad SMARTS) is 1. The van der Waals surface area contributed by atoms with Crippen LogP contribution in [0, 0.1) is 5.92 Å². The molecule has 0 aromatic heterocycles. The molecular weight excluding hydrogens is 512 g/mol. The molecule has 1 unspecified atom stereocenters. The van der Waals surface area contributed by atoms with Crippen LogP contribution in [0.3, 0.4) is 0 Å². The number of carbonyl (C=O) groups excluding carboxylic acids is 2. The molecular formula is C27H23BrN2O5. The van der Waals surface area contributed by atoms with Gasteiger partial charge in [0.25, 0.3) is 5.91 Å². The van der Waals surface area contributed by atoms with E-state index in [9.17, 15) is 19.5 Å². The maximum Gasteiger partial charge on any atom is 0.411 e. The van der Waals surface area contributed by atoms with Gasteiger partial charge in [0.15, 0.2) is 0 Å². The predicted molar refractivity (Wildman–Crippen MR) is 134 cm³/mol. The van der Waals surface area contributed by atoms with E-state index in [1.165, 1.54) is 6.07 Å². The van der Waals surface area contributed by atoms with E-state index in [0.29, 0.717) is 10.2 Å². The van der Waals surface area contributed by atoms with Crippen LogP contribution in [0.4, 0.5) is 10.5 Å². The number of benzene rings is 3. The fourth-order valence-electron chi connectivity index (χ4n) is 4.54. The van der Waals surface area contributed by atoms with E-state index in [2.05, 4.69) is 38.7 Å². The molecule has 35 heavy (non-hydrogen) atoms. The van der Waals surface area contributed by atoms with Gasteiger partial charge in [-0.1, -0.05) is 48.5 Å². The molecule has 178 valence electrons. The number of hydrogen-bond acceptors (Lipinski definition) is 4. The zero-order valence-corrected chi connectivity index (χ0v) is 20.2. The summed E-state index contributed by atoms with van der Waals surface area (Å²) < 4.78 is 6.15. The van der Waals surface area contributed by atoms with Crippen LogP contribution >= 0.6 is 15.9 Å². The number of rotatable bonds is 7. The number of aliphatic carboxylic acids is 1. The van der Waals surface area contributed by atoms with Gasteiger partial charge in [-0.05, 0) is 75.1 Å². The molecule has 2 aliphatic carbocycles. The van der Waals surface area contributed by atoms with E-state index in [1.54, 1.807) is 12.1 Å². The summed E-state index contributed by atoms with van der Waals surface area (Å²) in [6.07, 6.45) is 0.921. The fraction of sp³-hybridized carbons (Fsp3) is 0.222. The molecule has 1 fully saturated rings. The van der Waals surface area contributed by atoms with Crippen LogP contribution in [-0.2, 0) is 9.53 Å². The van der Waals surface area contributed by atoms with Crippen molar-refractivity contribution in [3.05, 3.63) is 87.9 Å². The molecule has 3 aromatic carbocycles. The normalized spacial score (nSPS) is 15.0. The minimum Gasteiger partial charge on any atom is -0.480 e. The van der Waals surface area contributed by atoms with Crippen LogP contribution in [0.1, 0.15) is 40.2 Å². The number of carbonyl (C=O) groups is 3. The highest BCUT2D eigenvalue weighted by Gasteiger charge is 2.37. The monoisotopic (exact) mass is 534 g/mol. The standard InChI is InChI=1S/C27H23BrN2O5/c28-22-12-11-16(25(31)30-24(26(32)33)15-9-10-15)13-23(22)29-27(34)35-14-21-19-7-3-1-5-17(19)18-6-2-4-8-20(18)21/h1-8,11-13,15,21,24H,9-10,14H2,(H,29,34)(H,30,31)(H,32,33). The molecule has 7 nitrogen and oxygen atoms in total. The Morgan fingerprint density at radius 2 is 1.60 bits per heavy atom. The minimum atomic E-state index is -1.05. The van der Waals surface area contributed by atoms with Crippen molar-refractivity contribution in [3.8, 4) is 11.1 Å². The second kappa shape index (κ2) is 9.54. The summed E-state index contributed by atoms with van der Waals surface area (Å²) in [7, 11) is 0. The van der Waals surface area contributed by atoms with Gasteiger partial charge in [0, 0.05) is 16.0 Å². The number of hydrogen-bond donors (Lipinski definition) is 3. The number of anilines is 1. The van der Waals surface area contributed by atoms with Crippen molar-refractivity contribution < 1.29 is 24.2 Å². The van der Waals surface area contributed by atoms with Gasteiger partial charge in [-0.3, -0.25) is 10.1 Å². The summed E-state index contributed by atoms with van der Waals surface area (Å²) in [5.74, 6) is -1.66. The van der Waals surface area contributed by atoms with E-state index < -0.39 is 24.0 Å². The van der Waals surface area contributed by atoms with Crippen LogP contribution < -0.4 is 10.6 Å². The third-order valence-corrected chi connectivity index (χ3v) is 7.15. The maximum absolute atomic E-state index is 12.7. The van der Waals surface area contributed by atoms with Gasteiger partial charge in [0.1, 0.15) is 12.6 Å². The lowest BCUT2D eigenvalue weighted by Crippen LogP contribution is -2.42. The molecule has 0 aliphatic heterocycles. The molecule has 1 atom stereocenters. The third kappa shape index (κ3) is 4.79. The topological polar surface area (TPSA) is 105 Å². The molecule has 0 radical (unpaired) electrons. The van der Waals surface area contributed by atoms with Crippen molar-refractivity contribution in [1.82, 2.24) is 5.32 Å². The first-order chi connectivity index (χ1) is 16.9. The number of fused-ring (bicyclic) bond motifs is 3. The minimum absolute atomic E-state index is 0.0367. The number of halogens is 1. The van der Waals surface area contributed by atoms with E-state index in [0.717, 1.165) is 35.1 Å². The summed E-state index contributed by atoms with van der Waals surface area (Å²) in [4.78, 5) is 36.8. The van der Waals surface area contributed by atoms with Gasteiger partial charge in [0.2, 0.25) is 0 Å². The van der Waals surface area contributed by atoms with Crippen molar-refractivity contribution in [3.63, 3.8) is 0 Å². The lowest BCUT2D eigenvalue weighted by Gasteiger charge is -2.16. The third-order valence-electron chi connectivity index (χ3n) is 6.46. The molecule has 3 N–H and O–H groups in total. The molecule has 0 bridgehead atoms. The Hall–Kier alpha value is -3.65. The number of nitrogens with one attached hydrogen (secondary N) is 2. The zero-order chi connectivity index (χ0) is 24.5. The summed E-state index contributed by atoms with van der Waals surface area (Å²) in [5, 5.41) is 14.6. The SMILES string of the molecule is O=C(Nc1cc(C(=O)NC(C(=O)O)C2CC2)ccc1Br)OCC1c2ccccc2-c2ccccc21. The lowest BCUT2D eigenvalue weighted by atomic mass is 9.98. The van der Waals surface area contributed by atoms with Gasteiger partial charge in [-0.2, -0.15) is 0 Å². The molecule has 3 aromatic rings. The molecule has 0 heterocycles. The Balaban J connectivity index is 1.26. The van der Waals surface area contributed by atoms with Crippen LogP contribution in [0.2, 0.25) is 0 Å². The van der Waals surface area contributed by atoms with Crippen molar-refractivity contribution in [1.29, 1.82) is 0 Å². The summed E-state index contributed by atoms with van der Waals surface area (Å²) in [5.41, 5.74) is 5.12. The fourth-order valence-corrected chi connectivity index (χ4v) is 4.89. The number of carboxylic acids is 1. The van der Waals surface area contributed by atoms with E-state index in [-0.39, 0.29) is 24.0 Å². The Labute approximate surface area is 210 Å². The average molecular weight is 535 g/mol. The van der Waals surface area contributed by atoms with Crippen LogP contribution in [0.15, 0.2) is 71.2 Å². The summed E-state index contributed by atoms with van der Waals surface area (Å²) in [6, 6.07) is 19.9. The Morgan fingerprint density at radius 3 is 2.20 bits per heavy atom. The van der Waals surface area contributed by atoms with Crippen LogP contribution in [0.5, 0.6) is 0 Å². The molecule has 8 heteroatoms. The second-order valence-electron chi connectivity index (χ2n) is 8.77. The molecule has 0 saturated heterocycles. The maximum atomic E-state index is 12.7. The van der Waals surface area contributed by atoms with Crippen molar-refractivity contribution in [2.24, 2.45) is 5.92 Å². The first-order valence-electron chi connectivity index (χ1n) is 11.4. The largest absolute Gasteiger partial charge is 0.480 e. The highest BCUT2D eigenvalue weighted by molar-refractivity contribution is 9.10. The van der Waals surface area contributed by atoms with Gasteiger partial charge < -0.3 is 15.2 Å². The van der Waals surface area contributed by atoms with Gasteiger partial charge in [-0.25, -0.2) is 9.59 Å². The van der Waals surface area contributed by atoms with Gasteiger partial charge in [-0.15, -0.1) is 0 Å². The van der Waals surface area contributed by atoms with E-state index in [4.69, 9.17) is 4.74 Å². The molecule has 2 aliphatic rings. The molecule has 1 saturated carbocycles.